The first-order chi connectivity index (χ1) is 11.9. The lowest BCUT2D eigenvalue weighted by Gasteiger charge is -2.33. The SMILES string of the molecule is CS(=O)(=O)N1CCCC(NC(=O)N2CCCC2c2ccccc2Cl)C1. The Morgan fingerprint density at radius 2 is 1.92 bits per heavy atom. The molecule has 0 bridgehead atoms. The van der Waals surface area contributed by atoms with Crippen LogP contribution in [-0.4, -0.2) is 55.6 Å². The number of carbonyl (C=O) groups is 1. The number of nitrogens with one attached hydrogen (secondary N) is 1. The van der Waals surface area contributed by atoms with E-state index < -0.39 is 10.0 Å². The highest BCUT2D eigenvalue weighted by atomic mass is 35.5. The minimum atomic E-state index is -3.22. The van der Waals surface area contributed by atoms with Crippen LogP contribution in [0.4, 0.5) is 4.79 Å². The predicted molar refractivity (Wildman–Crippen MR) is 98.1 cm³/mol. The molecule has 0 aromatic heterocycles. The summed E-state index contributed by atoms with van der Waals surface area (Å²) in [5, 5.41) is 3.69. The molecular weight excluding hydrogens is 362 g/mol. The molecule has 0 saturated carbocycles. The molecule has 138 valence electrons. The van der Waals surface area contributed by atoms with E-state index >= 15 is 0 Å². The fourth-order valence-corrected chi connectivity index (χ4v) is 4.87. The molecule has 1 aromatic carbocycles. The van der Waals surface area contributed by atoms with Crippen molar-refractivity contribution in [3.63, 3.8) is 0 Å². The Labute approximate surface area is 154 Å². The molecule has 2 atom stereocenters. The van der Waals surface area contributed by atoms with Crippen molar-refractivity contribution in [1.29, 1.82) is 0 Å². The van der Waals surface area contributed by atoms with E-state index in [0.29, 0.717) is 24.7 Å². The standard InChI is InChI=1S/C17H24ClN3O3S/c1-25(23,24)20-10-4-6-13(12-20)19-17(22)21-11-5-9-16(21)14-7-2-3-8-15(14)18/h2-3,7-8,13,16H,4-6,9-12H2,1H3,(H,19,22). The van der Waals surface area contributed by atoms with E-state index in [1.165, 1.54) is 10.6 Å². The monoisotopic (exact) mass is 385 g/mol. The van der Waals surface area contributed by atoms with Crippen molar-refractivity contribution >= 4 is 27.7 Å². The molecule has 25 heavy (non-hydrogen) atoms. The Kier molecular flexibility index (Phi) is 5.55. The molecule has 1 aromatic rings. The molecule has 2 aliphatic heterocycles. The molecule has 2 unspecified atom stereocenters. The summed E-state index contributed by atoms with van der Waals surface area (Å²) in [7, 11) is -3.22. The molecule has 0 aliphatic carbocycles. The predicted octanol–water partition coefficient (Wildman–Crippen LogP) is 2.61. The third-order valence-electron chi connectivity index (χ3n) is 4.96. The van der Waals surface area contributed by atoms with Crippen LogP contribution in [0.5, 0.6) is 0 Å². The minimum Gasteiger partial charge on any atom is -0.334 e. The average Bonchev–Trinajstić information content (AvgIpc) is 3.04. The maximum atomic E-state index is 12.8. The van der Waals surface area contributed by atoms with Gasteiger partial charge in [0.1, 0.15) is 0 Å². The fourth-order valence-electron chi connectivity index (χ4n) is 3.70. The molecule has 2 aliphatic rings. The van der Waals surface area contributed by atoms with Crippen molar-refractivity contribution in [1.82, 2.24) is 14.5 Å². The van der Waals surface area contributed by atoms with Gasteiger partial charge in [-0.3, -0.25) is 0 Å². The first-order valence-corrected chi connectivity index (χ1v) is 10.9. The molecule has 6 nitrogen and oxygen atoms in total. The second-order valence-corrected chi connectivity index (χ2v) is 9.17. The van der Waals surface area contributed by atoms with E-state index in [-0.39, 0.29) is 18.1 Å². The van der Waals surface area contributed by atoms with E-state index in [4.69, 9.17) is 11.6 Å². The van der Waals surface area contributed by atoms with Gasteiger partial charge in [0, 0.05) is 30.7 Å². The molecule has 2 amide bonds. The zero-order valence-corrected chi connectivity index (χ0v) is 15.9. The molecule has 2 heterocycles. The topological polar surface area (TPSA) is 69.7 Å². The van der Waals surface area contributed by atoms with Crippen molar-refractivity contribution < 1.29 is 13.2 Å². The fraction of sp³-hybridized carbons (Fsp3) is 0.588. The highest BCUT2D eigenvalue weighted by Gasteiger charge is 2.33. The number of halogens is 1. The molecule has 2 fully saturated rings. The van der Waals surface area contributed by atoms with Crippen LogP contribution >= 0.6 is 11.6 Å². The Balaban J connectivity index is 1.67. The van der Waals surface area contributed by atoms with Crippen LogP contribution < -0.4 is 5.32 Å². The van der Waals surface area contributed by atoms with E-state index in [0.717, 1.165) is 31.2 Å². The van der Waals surface area contributed by atoms with Gasteiger partial charge < -0.3 is 10.2 Å². The normalized spacial score (nSPS) is 25.1. The van der Waals surface area contributed by atoms with Gasteiger partial charge in [0.15, 0.2) is 0 Å². The molecule has 0 radical (unpaired) electrons. The zero-order chi connectivity index (χ0) is 18.0. The van der Waals surface area contributed by atoms with Crippen molar-refractivity contribution in [3.8, 4) is 0 Å². The summed E-state index contributed by atoms with van der Waals surface area (Å²) in [5.41, 5.74) is 0.971. The number of hydrogen-bond acceptors (Lipinski definition) is 3. The third-order valence-corrected chi connectivity index (χ3v) is 6.57. The molecule has 1 N–H and O–H groups in total. The van der Waals surface area contributed by atoms with Crippen LogP contribution in [0, 0.1) is 0 Å². The number of rotatable bonds is 3. The van der Waals surface area contributed by atoms with E-state index in [1.54, 1.807) is 0 Å². The van der Waals surface area contributed by atoms with Gasteiger partial charge in [0.2, 0.25) is 10.0 Å². The Hall–Kier alpha value is -1.31. The zero-order valence-electron chi connectivity index (χ0n) is 14.3. The van der Waals surface area contributed by atoms with E-state index in [1.807, 2.05) is 29.2 Å². The Morgan fingerprint density at radius 1 is 1.20 bits per heavy atom. The second kappa shape index (κ2) is 7.51. The second-order valence-electron chi connectivity index (χ2n) is 6.78. The van der Waals surface area contributed by atoms with Crippen molar-refractivity contribution in [2.24, 2.45) is 0 Å². The lowest BCUT2D eigenvalue weighted by molar-refractivity contribution is 0.181. The number of piperidine rings is 1. The van der Waals surface area contributed by atoms with Gasteiger partial charge in [0.25, 0.3) is 0 Å². The number of carbonyl (C=O) groups excluding carboxylic acids is 1. The highest BCUT2D eigenvalue weighted by Crippen LogP contribution is 2.35. The quantitative estimate of drug-likeness (QED) is 0.869. The average molecular weight is 386 g/mol. The Bertz CT molecular complexity index is 740. The lowest BCUT2D eigenvalue weighted by Crippen LogP contribution is -2.52. The van der Waals surface area contributed by atoms with Gasteiger partial charge in [-0.25, -0.2) is 17.5 Å². The maximum Gasteiger partial charge on any atom is 0.318 e. The number of likely N-dealkylation sites (tertiary alicyclic amines) is 1. The van der Waals surface area contributed by atoms with E-state index in [9.17, 15) is 13.2 Å². The van der Waals surface area contributed by atoms with Gasteiger partial charge >= 0.3 is 6.03 Å². The van der Waals surface area contributed by atoms with Crippen molar-refractivity contribution in [2.75, 3.05) is 25.9 Å². The van der Waals surface area contributed by atoms with Crippen LogP contribution in [0.1, 0.15) is 37.3 Å². The van der Waals surface area contributed by atoms with Gasteiger partial charge in [-0.1, -0.05) is 29.8 Å². The summed E-state index contributed by atoms with van der Waals surface area (Å²) in [4.78, 5) is 14.6. The van der Waals surface area contributed by atoms with Gasteiger partial charge in [-0.05, 0) is 37.3 Å². The first-order valence-electron chi connectivity index (χ1n) is 8.63. The van der Waals surface area contributed by atoms with Crippen LogP contribution in [0.3, 0.4) is 0 Å². The number of hydrogen-bond donors (Lipinski definition) is 1. The summed E-state index contributed by atoms with van der Waals surface area (Å²) in [6.07, 6.45) is 4.58. The summed E-state index contributed by atoms with van der Waals surface area (Å²) in [6.45, 7) is 1.55. The smallest absolute Gasteiger partial charge is 0.318 e. The summed E-state index contributed by atoms with van der Waals surface area (Å²) in [6, 6.07) is 7.31. The summed E-state index contributed by atoms with van der Waals surface area (Å²) < 4.78 is 24.9. The molecule has 2 saturated heterocycles. The van der Waals surface area contributed by atoms with Gasteiger partial charge in [-0.2, -0.15) is 0 Å². The third kappa shape index (κ3) is 4.27. The van der Waals surface area contributed by atoms with Crippen LogP contribution in [-0.2, 0) is 10.0 Å². The molecule has 3 rings (SSSR count). The number of benzene rings is 1. The van der Waals surface area contributed by atoms with Gasteiger partial charge in [-0.15, -0.1) is 0 Å². The number of amides is 2. The maximum absolute atomic E-state index is 12.8. The van der Waals surface area contributed by atoms with Crippen molar-refractivity contribution in [3.05, 3.63) is 34.9 Å². The van der Waals surface area contributed by atoms with E-state index in [2.05, 4.69) is 5.32 Å². The number of nitrogens with zero attached hydrogens (tertiary/aromatic N) is 2. The molecule has 8 heteroatoms. The molecular formula is C17H24ClN3O3S. The lowest BCUT2D eigenvalue weighted by atomic mass is 10.0. The number of sulfonamides is 1. The Morgan fingerprint density at radius 3 is 2.64 bits per heavy atom. The van der Waals surface area contributed by atoms with Crippen molar-refractivity contribution in [2.45, 2.75) is 37.8 Å². The number of urea groups is 1. The minimum absolute atomic E-state index is 0.0247. The van der Waals surface area contributed by atoms with Crippen LogP contribution in [0.15, 0.2) is 24.3 Å². The summed E-state index contributed by atoms with van der Waals surface area (Å²) in [5.74, 6) is 0. The highest BCUT2D eigenvalue weighted by molar-refractivity contribution is 7.88. The largest absolute Gasteiger partial charge is 0.334 e. The first kappa shape index (κ1) is 18.5. The van der Waals surface area contributed by atoms with Crippen LogP contribution in [0.2, 0.25) is 5.02 Å². The summed E-state index contributed by atoms with van der Waals surface area (Å²) >= 11 is 6.30. The van der Waals surface area contributed by atoms with Crippen LogP contribution in [0.25, 0.3) is 0 Å². The molecule has 0 spiro atoms. The van der Waals surface area contributed by atoms with Gasteiger partial charge in [0.05, 0.1) is 12.3 Å².